The Morgan fingerprint density at radius 1 is 1.30 bits per heavy atom. The van der Waals surface area contributed by atoms with Crippen LogP contribution in [-0.4, -0.2) is 29.6 Å². The van der Waals surface area contributed by atoms with E-state index in [1.165, 1.54) is 0 Å². The first kappa shape index (κ1) is 7.50. The lowest BCUT2D eigenvalue weighted by molar-refractivity contribution is -0.168. The number of aliphatic carboxylic acids is 1. The van der Waals surface area contributed by atoms with Gasteiger partial charge in [-0.05, 0) is 13.8 Å². The molecule has 2 unspecified atom stereocenters. The summed E-state index contributed by atoms with van der Waals surface area (Å²) >= 11 is 0. The van der Waals surface area contributed by atoms with Crippen molar-refractivity contribution in [3.05, 3.63) is 0 Å². The summed E-state index contributed by atoms with van der Waals surface area (Å²) in [6.07, 6.45) is -1.31. The van der Waals surface area contributed by atoms with Gasteiger partial charge < -0.3 is 14.6 Å². The lowest BCUT2D eigenvalue weighted by atomic mass is 10.3. The molecule has 0 aromatic heterocycles. The van der Waals surface area contributed by atoms with Gasteiger partial charge in [-0.15, -0.1) is 0 Å². The zero-order valence-corrected chi connectivity index (χ0v) is 5.90. The standard InChI is InChI=1S/C6H10O4/c1-3-4(2)10-6(9-3)5(7)8/h3-4,6H,1-2H3,(H,7,8). The summed E-state index contributed by atoms with van der Waals surface area (Å²) in [6.45, 7) is 3.57. The van der Waals surface area contributed by atoms with Crippen LogP contribution in [0.1, 0.15) is 13.8 Å². The summed E-state index contributed by atoms with van der Waals surface area (Å²) in [4.78, 5) is 10.2. The van der Waals surface area contributed by atoms with E-state index in [0.29, 0.717) is 0 Å². The highest BCUT2D eigenvalue weighted by Crippen LogP contribution is 2.17. The van der Waals surface area contributed by atoms with E-state index in [-0.39, 0.29) is 12.2 Å². The third-order valence-corrected chi connectivity index (χ3v) is 1.54. The summed E-state index contributed by atoms with van der Waals surface area (Å²) in [7, 11) is 0. The highest BCUT2D eigenvalue weighted by Gasteiger charge is 2.34. The van der Waals surface area contributed by atoms with Crippen LogP contribution in [0, 0.1) is 0 Å². The van der Waals surface area contributed by atoms with E-state index in [4.69, 9.17) is 14.6 Å². The Morgan fingerprint density at radius 3 is 1.90 bits per heavy atom. The number of hydrogen-bond acceptors (Lipinski definition) is 3. The van der Waals surface area contributed by atoms with Gasteiger partial charge >= 0.3 is 5.97 Å². The van der Waals surface area contributed by atoms with Gasteiger partial charge in [0, 0.05) is 0 Å². The van der Waals surface area contributed by atoms with Crippen molar-refractivity contribution in [1.29, 1.82) is 0 Å². The SMILES string of the molecule is CC1OC(C(=O)O)OC1C. The smallest absolute Gasteiger partial charge is 0.361 e. The molecule has 0 aliphatic carbocycles. The first-order chi connectivity index (χ1) is 4.61. The molecule has 0 aromatic carbocycles. The van der Waals surface area contributed by atoms with E-state index >= 15 is 0 Å². The second kappa shape index (κ2) is 2.56. The Bertz CT molecular complexity index is 135. The largest absolute Gasteiger partial charge is 0.477 e. The molecule has 0 aromatic rings. The maximum Gasteiger partial charge on any atom is 0.361 e. The minimum Gasteiger partial charge on any atom is -0.477 e. The van der Waals surface area contributed by atoms with Gasteiger partial charge in [0.1, 0.15) is 0 Å². The second-order valence-electron chi connectivity index (χ2n) is 2.35. The summed E-state index contributed by atoms with van der Waals surface area (Å²) in [6, 6.07) is 0. The number of hydrogen-bond donors (Lipinski definition) is 1. The van der Waals surface area contributed by atoms with Gasteiger partial charge in [-0.3, -0.25) is 0 Å². The predicted molar refractivity (Wildman–Crippen MR) is 32.5 cm³/mol. The molecule has 0 saturated carbocycles. The van der Waals surface area contributed by atoms with Gasteiger partial charge in [0.25, 0.3) is 6.29 Å². The summed E-state index contributed by atoms with van der Waals surface area (Å²) in [5.74, 6) is -1.06. The van der Waals surface area contributed by atoms with Crippen molar-refractivity contribution in [1.82, 2.24) is 0 Å². The predicted octanol–water partition coefficient (Wildman–Crippen LogP) is 0.221. The Kier molecular flexibility index (Phi) is 1.92. The van der Waals surface area contributed by atoms with E-state index in [1.807, 2.05) is 0 Å². The Morgan fingerprint density at radius 2 is 1.70 bits per heavy atom. The van der Waals surface area contributed by atoms with Crippen molar-refractivity contribution in [3.8, 4) is 0 Å². The van der Waals surface area contributed by atoms with Gasteiger partial charge in [-0.25, -0.2) is 4.79 Å². The van der Waals surface area contributed by atoms with Crippen molar-refractivity contribution >= 4 is 5.97 Å². The molecule has 2 atom stereocenters. The van der Waals surface area contributed by atoms with Crippen LogP contribution in [-0.2, 0) is 14.3 Å². The average Bonchev–Trinajstić information content (AvgIpc) is 2.13. The molecular formula is C6H10O4. The quantitative estimate of drug-likeness (QED) is 0.575. The second-order valence-corrected chi connectivity index (χ2v) is 2.35. The summed E-state index contributed by atoms with van der Waals surface area (Å²) in [5.41, 5.74) is 0. The maximum atomic E-state index is 10.2. The van der Waals surface area contributed by atoms with Gasteiger partial charge in [0.15, 0.2) is 0 Å². The fraction of sp³-hybridized carbons (Fsp3) is 0.833. The molecule has 1 fully saturated rings. The summed E-state index contributed by atoms with van der Waals surface area (Å²) < 4.78 is 9.83. The van der Waals surface area contributed by atoms with Gasteiger partial charge in [0.05, 0.1) is 12.2 Å². The molecule has 0 bridgehead atoms. The van der Waals surface area contributed by atoms with Crippen molar-refractivity contribution < 1.29 is 19.4 Å². The topological polar surface area (TPSA) is 55.8 Å². The number of carbonyl (C=O) groups is 1. The van der Waals surface area contributed by atoms with Crippen molar-refractivity contribution in [2.24, 2.45) is 0 Å². The fourth-order valence-electron chi connectivity index (χ4n) is 0.760. The Hall–Kier alpha value is -0.610. The van der Waals surface area contributed by atoms with Crippen LogP contribution in [0.2, 0.25) is 0 Å². The van der Waals surface area contributed by atoms with E-state index < -0.39 is 12.3 Å². The third-order valence-electron chi connectivity index (χ3n) is 1.54. The monoisotopic (exact) mass is 146 g/mol. The molecule has 4 heteroatoms. The lowest BCUT2D eigenvalue weighted by Gasteiger charge is -2.02. The fourth-order valence-corrected chi connectivity index (χ4v) is 0.760. The van der Waals surface area contributed by atoms with Crippen LogP contribution < -0.4 is 0 Å². The normalized spacial score (nSPS) is 40.0. The van der Waals surface area contributed by atoms with Crippen LogP contribution in [0.3, 0.4) is 0 Å². The first-order valence-corrected chi connectivity index (χ1v) is 3.15. The minimum absolute atomic E-state index is 0.124. The maximum absolute atomic E-state index is 10.2. The zero-order valence-electron chi connectivity index (χ0n) is 5.90. The lowest BCUT2D eigenvalue weighted by Crippen LogP contribution is -2.21. The zero-order chi connectivity index (χ0) is 7.72. The Balaban J connectivity index is 2.49. The van der Waals surface area contributed by atoms with Crippen LogP contribution in [0.15, 0.2) is 0 Å². The van der Waals surface area contributed by atoms with Crippen LogP contribution in [0.4, 0.5) is 0 Å². The Labute approximate surface area is 58.7 Å². The molecule has 1 saturated heterocycles. The molecule has 1 aliphatic rings. The van der Waals surface area contributed by atoms with Crippen molar-refractivity contribution in [3.63, 3.8) is 0 Å². The number of ether oxygens (including phenoxy) is 2. The molecule has 1 N–H and O–H groups in total. The van der Waals surface area contributed by atoms with Crippen LogP contribution in [0.5, 0.6) is 0 Å². The molecule has 1 rings (SSSR count). The first-order valence-electron chi connectivity index (χ1n) is 3.15. The number of rotatable bonds is 1. The van der Waals surface area contributed by atoms with E-state index in [2.05, 4.69) is 0 Å². The molecule has 10 heavy (non-hydrogen) atoms. The average molecular weight is 146 g/mol. The highest BCUT2D eigenvalue weighted by atomic mass is 16.7. The van der Waals surface area contributed by atoms with E-state index in [0.717, 1.165) is 0 Å². The van der Waals surface area contributed by atoms with Crippen molar-refractivity contribution in [2.75, 3.05) is 0 Å². The molecule has 0 spiro atoms. The summed E-state index contributed by atoms with van der Waals surface area (Å²) in [5, 5.41) is 8.40. The van der Waals surface area contributed by atoms with Gasteiger partial charge in [-0.2, -0.15) is 0 Å². The van der Waals surface area contributed by atoms with Gasteiger partial charge in [0.2, 0.25) is 0 Å². The van der Waals surface area contributed by atoms with Crippen LogP contribution in [0.25, 0.3) is 0 Å². The number of carboxylic acid groups (broad SMARTS) is 1. The number of carboxylic acids is 1. The third kappa shape index (κ3) is 1.27. The van der Waals surface area contributed by atoms with E-state index in [1.54, 1.807) is 13.8 Å². The van der Waals surface area contributed by atoms with Gasteiger partial charge in [-0.1, -0.05) is 0 Å². The minimum atomic E-state index is -1.06. The molecule has 1 heterocycles. The van der Waals surface area contributed by atoms with Crippen molar-refractivity contribution in [2.45, 2.75) is 32.3 Å². The molecule has 58 valence electrons. The molecule has 1 aliphatic heterocycles. The molecule has 4 nitrogen and oxygen atoms in total. The van der Waals surface area contributed by atoms with Crippen LogP contribution >= 0.6 is 0 Å². The molecule has 0 amide bonds. The van der Waals surface area contributed by atoms with E-state index in [9.17, 15) is 4.79 Å². The highest BCUT2D eigenvalue weighted by molar-refractivity contribution is 5.70. The molecular weight excluding hydrogens is 136 g/mol. The molecule has 0 radical (unpaired) electrons.